The number of nitrogens with one attached hydrogen (secondary N) is 1. The zero-order chi connectivity index (χ0) is 20.4. The first-order chi connectivity index (χ1) is 13.3. The number of hydrogen-bond donors (Lipinski definition) is 1. The highest BCUT2D eigenvalue weighted by Crippen LogP contribution is 2.24. The van der Waals surface area contributed by atoms with Crippen molar-refractivity contribution < 1.29 is 14.0 Å². The van der Waals surface area contributed by atoms with Crippen molar-refractivity contribution in [2.75, 3.05) is 6.54 Å². The molecule has 1 N–H and O–H groups in total. The van der Waals surface area contributed by atoms with Gasteiger partial charge in [0.05, 0.1) is 0 Å². The van der Waals surface area contributed by atoms with Gasteiger partial charge in [0.15, 0.2) is 5.11 Å². The monoisotopic (exact) mass is 399 g/mol. The molecule has 1 aliphatic rings. The molecule has 1 aromatic carbocycles. The third-order valence-electron chi connectivity index (χ3n) is 4.78. The summed E-state index contributed by atoms with van der Waals surface area (Å²) >= 11 is 5.15. The molecule has 1 aliphatic heterocycles. The lowest BCUT2D eigenvalue weighted by Crippen LogP contribution is -2.54. The van der Waals surface area contributed by atoms with E-state index in [1.54, 1.807) is 18.2 Å². The van der Waals surface area contributed by atoms with Gasteiger partial charge in [0.1, 0.15) is 11.4 Å². The molecule has 1 fully saturated rings. The standard InChI is InChI=1S/C21H22FN3O2S/c1-4-5-10-24-20(27)18(19(26)23-21(24)28)12-15-11-13(2)25(14(15)3)17-8-6-16(22)7-9-17/h6-9,11-12H,4-5,10H2,1-3H3,(H,23,26,28). The summed E-state index contributed by atoms with van der Waals surface area (Å²) in [5.41, 5.74) is 3.39. The molecule has 28 heavy (non-hydrogen) atoms. The molecule has 2 heterocycles. The van der Waals surface area contributed by atoms with E-state index >= 15 is 0 Å². The minimum Gasteiger partial charge on any atom is -0.318 e. The molecule has 2 aromatic rings. The number of benzene rings is 1. The largest absolute Gasteiger partial charge is 0.318 e. The number of aryl methyl sites for hydroxylation is 1. The molecule has 0 aliphatic carbocycles. The third-order valence-corrected chi connectivity index (χ3v) is 5.10. The van der Waals surface area contributed by atoms with Gasteiger partial charge in [-0.05, 0) is 74.5 Å². The van der Waals surface area contributed by atoms with Gasteiger partial charge in [-0.25, -0.2) is 4.39 Å². The van der Waals surface area contributed by atoms with Crippen LogP contribution in [-0.4, -0.2) is 32.9 Å². The molecular formula is C21H22FN3O2S. The van der Waals surface area contributed by atoms with E-state index < -0.39 is 5.91 Å². The van der Waals surface area contributed by atoms with Crippen molar-refractivity contribution in [3.63, 3.8) is 0 Å². The van der Waals surface area contributed by atoms with Crippen molar-refractivity contribution in [3.05, 3.63) is 58.7 Å². The summed E-state index contributed by atoms with van der Waals surface area (Å²) < 4.78 is 15.2. The molecule has 146 valence electrons. The molecule has 0 unspecified atom stereocenters. The Morgan fingerprint density at radius 2 is 1.86 bits per heavy atom. The zero-order valence-corrected chi connectivity index (χ0v) is 16.9. The first-order valence-electron chi connectivity index (χ1n) is 9.17. The molecule has 1 saturated heterocycles. The minimum atomic E-state index is -0.491. The van der Waals surface area contributed by atoms with Crippen molar-refractivity contribution in [2.24, 2.45) is 0 Å². The normalized spacial score (nSPS) is 16.1. The van der Waals surface area contributed by atoms with Crippen LogP contribution in [0.3, 0.4) is 0 Å². The number of aromatic nitrogens is 1. The van der Waals surface area contributed by atoms with E-state index in [1.807, 2.05) is 31.4 Å². The van der Waals surface area contributed by atoms with Gasteiger partial charge in [-0.15, -0.1) is 0 Å². The van der Waals surface area contributed by atoms with Gasteiger partial charge in [0.25, 0.3) is 11.8 Å². The Balaban J connectivity index is 1.99. The number of hydrogen-bond acceptors (Lipinski definition) is 3. The van der Waals surface area contributed by atoms with Gasteiger partial charge in [0, 0.05) is 23.6 Å². The maximum absolute atomic E-state index is 13.2. The van der Waals surface area contributed by atoms with E-state index in [-0.39, 0.29) is 22.4 Å². The molecule has 3 rings (SSSR count). The van der Waals surface area contributed by atoms with Crippen molar-refractivity contribution in [1.82, 2.24) is 14.8 Å². The van der Waals surface area contributed by atoms with E-state index in [0.717, 1.165) is 35.5 Å². The minimum absolute atomic E-state index is 0.0593. The summed E-state index contributed by atoms with van der Waals surface area (Å²) in [6.07, 6.45) is 3.31. The first kappa shape index (κ1) is 19.9. The van der Waals surface area contributed by atoms with Gasteiger partial charge >= 0.3 is 0 Å². The van der Waals surface area contributed by atoms with Crippen molar-refractivity contribution in [1.29, 1.82) is 0 Å². The maximum atomic E-state index is 13.2. The number of thiocarbonyl (C=S) groups is 1. The Morgan fingerprint density at radius 3 is 2.50 bits per heavy atom. The average molecular weight is 399 g/mol. The molecule has 0 bridgehead atoms. The van der Waals surface area contributed by atoms with Crippen molar-refractivity contribution >= 4 is 35.2 Å². The summed E-state index contributed by atoms with van der Waals surface area (Å²) in [6.45, 7) is 6.31. The summed E-state index contributed by atoms with van der Waals surface area (Å²) in [5, 5.41) is 2.75. The molecule has 7 heteroatoms. The Kier molecular flexibility index (Phi) is 5.74. The Hall–Kier alpha value is -2.80. The quantitative estimate of drug-likeness (QED) is 0.474. The fraction of sp³-hybridized carbons (Fsp3) is 0.286. The van der Waals surface area contributed by atoms with E-state index in [2.05, 4.69) is 5.32 Å². The van der Waals surface area contributed by atoms with Crippen LogP contribution < -0.4 is 5.32 Å². The molecule has 2 amide bonds. The number of amides is 2. The highest BCUT2D eigenvalue weighted by molar-refractivity contribution is 7.80. The summed E-state index contributed by atoms with van der Waals surface area (Å²) in [5.74, 6) is -1.18. The summed E-state index contributed by atoms with van der Waals surface area (Å²) in [6, 6.07) is 8.08. The molecule has 0 saturated carbocycles. The van der Waals surface area contributed by atoms with Crippen LogP contribution >= 0.6 is 12.2 Å². The van der Waals surface area contributed by atoms with Crippen LogP contribution in [0.2, 0.25) is 0 Å². The average Bonchev–Trinajstić information content (AvgIpc) is 2.93. The van der Waals surface area contributed by atoms with Crippen LogP contribution in [0.25, 0.3) is 11.8 Å². The number of unbranched alkanes of at least 4 members (excludes halogenated alkanes) is 1. The van der Waals surface area contributed by atoms with Crippen LogP contribution in [0.4, 0.5) is 4.39 Å². The Labute approximate surface area is 168 Å². The molecule has 0 spiro atoms. The topological polar surface area (TPSA) is 54.3 Å². The van der Waals surface area contributed by atoms with Crippen LogP contribution in [0.15, 0.2) is 35.9 Å². The maximum Gasteiger partial charge on any atom is 0.265 e. The lowest BCUT2D eigenvalue weighted by molar-refractivity contribution is -0.128. The lowest BCUT2D eigenvalue weighted by atomic mass is 10.1. The fourth-order valence-electron chi connectivity index (χ4n) is 3.29. The number of carbonyl (C=O) groups is 2. The smallest absolute Gasteiger partial charge is 0.265 e. The Bertz CT molecular complexity index is 976. The highest BCUT2D eigenvalue weighted by Gasteiger charge is 2.33. The molecule has 1 aromatic heterocycles. The number of rotatable bonds is 5. The predicted molar refractivity (Wildman–Crippen MR) is 111 cm³/mol. The van der Waals surface area contributed by atoms with Crippen LogP contribution in [0.5, 0.6) is 0 Å². The second kappa shape index (κ2) is 8.06. The highest BCUT2D eigenvalue weighted by atomic mass is 32.1. The van der Waals surface area contributed by atoms with Crippen LogP contribution in [-0.2, 0) is 9.59 Å². The fourth-order valence-corrected chi connectivity index (χ4v) is 3.56. The van der Waals surface area contributed by atoms with Gasteiger partial charge in [-0.2, -0.15) is 0 Å². The first-order valence-corrected chi connectivity index (χ1v) is 9.58. The van der Waals surface area contributed by atoms with E-state index in [1.165, 1.54) is 17.0 Å². The summed E-state index contributed by atoms with van der Waals surface area (Å²) in [4.78, 5) is 26.7. The van der Waals surface area contributed by atoms with E-state index in [9.17, 15) is 14.0 Å². The Morgan fingerprint density at radius 1 is 1.18 bits per heavy atom. The molecular weight excluding hydrogens is 377 g/mol. The number of halogens is 1. The zero-order valence-electron chi connectivity index (χ0n) is 16.1. The SMILES string of the molecule is CCCCN1C(=O)C(=Cc2cc(C)n(-c3ccc(F)cc3)c2C)C(=O)NC1=S. The van der Waals surface area contributed by atoms with Crippen molar-refractivity contribution in [3.8, 4) is 5.69 Å². The van der Waals surface area contributed by atoms with Gasteiger partial charge in [-0.1, -0.05) is 13.3 Å². The lowest BCUT2D eigenvalue weighted by Gasteiger charge is -2.28. The second-order valence-corrected chi connectivity index (χ2v) is 7.15. The number of carbonyl (C=O) groups excluding carboxylic acids is 2. The summed E-state index contributed by atoms with van der Waals surface area (Å²) in [7, 11) is 0. The van der Waals surface area contributed by atoms with Gasteiger partial charge in [-0.3, -0.25) is 19.8 Å². The van der Waals surface area contributed by atoms with Gasteiger partial charge < -0.3 is 4.57 Å². The molecule has 0 atom stereocenters. The van der Waals surface area contributed by atoms with Crippen molar-refractivity contribution in [2.45, 2.75) is 33.6 Å². The molecule has 0 radical (unpaired) electrons. The van der Waals surface area contributed by atoms with Crippen LogP contribution in [0, 0.1) is 19.7 Å². The second-order valence-electron chi connectivity index (χ2n) is 6.77. The van der Waals surface area contributed by atoms with E-state index in [0.29, 0.717) is 6.54 Å². The van der Waals surface area contributed by atoms with E-state index in [4.69, 9.17) is 12.2 Å². The predicted octanol–water partition coefficient (Wildman–Crippen LogP) is 3.66. The van der Waals surface area contributed by atoms with Crippen LogP contribution in [0.1, 0.15) is 36.7 Å². The third kappa shape index (κ3) is 3.75. The van der Waals surface area contributed by atoms with Gasteiger partial charge in [0.2, 0.25) is 0 Å². The molecule has 5 nitrogen and oxygen atoms in total. The number of nitrogens with zero attached hydrogens (tertiary/aromatic N) is 2.